The summed E-state index contributed by atoms with van der Waals surface area (Å²) in [6, 6.07) is 19.9. The number of halogens is 2. The van der Waals surface area contributed by atoms with Crippen molar-refractivity contribution in [2.24, 2.45) is 4.99 Å². The summed E-state index contributed by atoms with van der Waals surface area (Å²) in [4.78, 5) is 17.7. The van der Waals surface area contributed by atoms with Crippen LogP contribution in [0.25, 0.3) is 6.08 Å². The van der Waals surface area contributed by atoms with E-state index >= 15 is 0 Å². The van der Waals surface area contributed by atoms with Gasteiger partial charge < -0.3 is 14.8 Å². The number of hydrogen-bond donors (Lipinski definition) is 1. The summed E-state index contributed by atoms with van der Waals surface area (Å²) in [5.41, 5.74) is 3.80. The van der Waals surface area contributed by atoms with Gasteiger partial charge in [0.1, 0.15) is 23.8 Å². The van der Waals surface area contributed by atoms with Crippen LogP contribution in [0.1, 0.15) is 16.7 Å². The van der Waals surface area contributed by atoms with Crippen LogP contribution in [0.4, 0.5) is 5.69 Å². The number of methoxy groups -OCH3 is 1. The van der Waals surface area contributed by atoms with Gasteiger partial charge in [-0.05, 0) is 111 Å². The third-order valence-electron chi connectivity index (χ3n) is 4.75. The Labute approximate surface area is 224 Å². The highest BCUT2D eigenvalue weighted by atomic mass is 127. The van der Waals surface area contributed by atoms with Crippen molar-refractivity contribution in [1.29, 1.82) is 0 Å². The summed E-state index contributed by atoms with van der Waals surface area (Å²) in [5.74, 6) is 1.34. The van der Waals surface area contributed by atoms with E-state index in [-0.39, 0.29) is 5.91 Å². The number of ether oxygens (including phenoxy) is 2. The minimum atomic E-state index is -0.167. The molecular formula is C25H20I2N2O3S. The largest absolute Gasteiger partial charge is 0.494 e. The smallest absolute Gasteiger partial charge is 0.264 e. The zero-order valence-electron chi connectivity index (χ0n) is 17.9. The number of nitrogens with zero attached hydrogens (tertiary/aromatic N) is 1. The highest BCUT2D eigenvalue weighted by Crippen LogP contribution is 2.35. The van der Waals surface area contributed by atoms with E-state index in [2.05, 4.69) is 55.5 Å². The fourth-order valence-electron chi connectivity index (χ4n) is 3.16. The molecular weight excluding hydrogens is 662 g/mol. The van der Waals surface area contributed by atoms with Crippen LogP contribution >= 0.6 is 56.9 Å². The van der Waals surface area contributed by atoms with Gasteiger partial charge in [0.2, 0.25) is 0 Å². The average Bonchev–Trinajstić information content (AvgIpc) is 3.12. The van der Waals surface area contributed by atoms with E-state index in [1.165, 1.54) is 11.8 Å². The lowest BCUT2D eigenvalue weighted by Crippen LogP contribution is -2.19. The molecule has 33 heavy (non-hydrogen) atoms. The molecule has 1 heterocycles. The first kappa shape index (κ1) is 24.1. The number of hydrogen-bond acceptors (Lipinski definition) is 5. The first-order chi connectivity index (χ1) is 15.9. The van der Waals surface area contributed by atoms with Crippen molar-refractivity contribution >= 4 is 79.8 Å². The van der Waals surface area contributed by atoms with Gasteiger partial charge in [-0.15, -0.1) is 0 Å². The minimum Gasteiger partial charge on any atom is -0.494 e. The van der Waals surface area contributed by atoms with Crippen molar-refractivity contribution in [3.05, 3.63) is 89.4 Å². The zero-order valence-corrected chi connectivity index (χ0v) is 23.0. The first-order valence-corrected chi connectivity index (χ1v) is 13.0. The van der Waals surface area contributed by atoms with Crippen molar-refractivity contribution in [3.8, 4) is 11.5 Å². The standard InChI is InChI=1S/C25H20I2N2O3S/c1-15-8-9-21(31-2)20(10-15)28-25-29-24(30)22(33-25)13-17-11-18(26)23(19(27)12-17)32-14-16-6-4-3-5-7-16/h3-13H,14H2,1-2H3,(H,28,29,30)/b22-13-. The molecule has 3 aromatic rings. The van der Waals surface area contributed by atoms with Crippen LogP contribution < -0.4 is 14.8 Å². The molecule has 0 saturated carbocycles. The molecule has 1 saturated heterocycles. The molecule has 8 heteroatoms. The van der Waals surface area contributed by atoms with Crippen LogP contribution in [0, 0.1) is 14.1 Å². The molecule has 0 aromatic heterocycles. The van der Waals surface area contributed by atoms with E-state index in [1.807, 2.05) is 73.7 Å². The first-order valence-electron chi connectivity index (χ1n) is 10.0. The number of nitrogens with one attached hydrogen (secondary N) is 1. The van der Waals surface area contributed by atoms with Gasteiger partial charge in [-0.1, -0.05) is 36.4 Å². The second-order valence-corrected chi connectivity index (χ2v) is 10.6. The molecule has 4 rings (SSSR count). The summed E-state index contributed by atoms with van der Waals surface area (Å²) >= 11 is 5.86. The Morgan fingerprint density at radius 3 is 2.48 bits per heavy atom. The maximum atomic E-state index is 12.6. The Hall–Kier alpha value is -2.05. The number of benzene rings is 3. The summed E-state index contributed by atoms with van der Waals surface area (Å²) in [5, 5.41) is 3.37. The number of aryl methyl sites for hydroxylation is 1. The van der Waals surface area contributed by atoms with Crippen molar-refractivity contribution in [2.45, 2.75) is 13.5 Å². The molecule has 0 unspecified atom stereocenters. The number of aliphatic imine (C=N–C) groups is 1. The number of carbonyl (C=O) groups excluding carboxylic acids is 1. The van der Waals surface area contributed by atoms with Crippen molar-refractivity contribution < 1.29 is 14.3 Å². The summed E-state index contributed by atoms with van der Waals surface area (Å²) in [6.45, 7) is 2.50. The average molecular weight is 682 g/mol. The highest BCUT2D eigenvalue weighted by molar-refractivity contribution is 14.1. The molecule has 0 aliphatic carbocycles. The predicted molar refractivity (Wildman–Crippen MR) is 151 cm³/mol. The Balaban J connectivity index is 1.53. The van der Waals surface area contributed by atoms with Crippen LogP contribution in [0.2, 0.25) is 0 Å². The van der Waals surface area contributed by atoms with Crippen LogP contribution in [-0.4, -0.2) is 18.2 Å². The molecule has 3 aromatic carbocycles. The number of amidine groups is 1. The third-order valence-corrected chi connectivity index (χ3v) is 7.26. The van der Waals surface area contributed by atoms with Crippen molar-refractivity contribution in [2.75, 3.05) is 7.11 Å². The Bertz CT molecular complexity index is 1240. The summed E-state index contributed by atoms with van der Waals surface area (Å²) in [7, 11) is 1.61. The lowest BCUT2D eigenvalue weighted by Gasteiger charge is -2.11. The quantitative estimate of drug-likeness (QED) is 0.233. The molecule has 1 amide bonds. The van der Waals surface area contributed by atoms with Gasteiger partial charge in [0, 0.05) is 0 Å². The minimum absolute atomic E-state index is 0.167. The fraction of sp³-hybridized carbons (Fsp3) is 0.120. The highest BCUT2D eigenvalue weighted by Gasteiger charge is 2.24. The van der Waals surface area contributed by atoms with E-state index in [0.717, 1.165) is 29.6 Å². The van der Waals surface area contributed by atoms with Gasteiger partial charge in [0.15, 0.2) is 5.17 Å². The molecule has 0 bridgehead atoms. The number of amides is 1. The molecule has 1 aliphatic rings. The van der Waals surface area contributed by atoms with Gasteiger partial charge >= 0.3 is 0 Å². The van der Waals surface area contributed by atoms with Crippen molar-refractivity contribution in [3.63, 3.8) is 0 Å². The Morgan fingerprint density at radius 1 is 1.06 bits per heavy atom. The van der Waals surface area contributed by atoms with E-state index in [1.54, 1.807) is 7.11 Å². The van der Waals surface area contributed by atoms with Gasteiger partial charge in [0.25, 0.3) is 5.91 Å². The maximum Gasteiger partial charge on any atom is 0.264 e. The molecule has 5 nitrogen and oxygen atoms in total. The van der Waals surface area contributed by atoms with Gasteiger partial charge in [-0.3, -0.25) is 4.79 Å². The molecule has 1 aliphatic heterocycles. The lowest BCUT2D eigenvalue weighted by atomic mass is 10.2. The van der Waals surface area contributed by atoms with Gasteiger partial charge in [-0.2, -0.15) is 0 Å². The van der Waals surface area contributed by atoms with Crippen molar-refractivity contribution in [1.82, 2.24) is 5.32 Å². The Morgan fingerprint density at radius 2 is 1.79 bits per heavy atom. The Kier molecular flexibility index (Phi) is 7.97. The van der Waals surface area contributed by atoms with E-state index in [0.29, 0.717) is 28.1 Å². The second-order valence-electron chi connectivity index (χ2n) is 7.24. The summed E-state index contributed by atoms with van der Waals surface area (Å²) < 4.78 is 13.4. The molecule has 0 atom stereocenters. The van der Waals surface area contributed by atoms with Crippen LogP contribution in [0.3, 0.4) is 0 Å². The number of thioether (sulfide) groups is 1. The lowest BCUT2D eigenvalue weighted by molar-refractivity contribution is -0.115. The van der Waals surface area contributed by atoms with Crippen LogP contribution in [0.5, 0.6) is 11.5 Å². The topological polar surface area (TPSA) is 59.9 Å². The predicted octanol–water partition coefficient (Wildman–Crippen LogP) is 6.68. The number of rotatable bonds is 6. The maximum absolute atomic E-state index is 12.6. The fourth-order valence-corrected chi connectivity index (χ4v) is 6.12. The van der Waals surface area contributed by atoms with E-state index in [9.17, 15) is 4.79 Å². The molecule has 0 spiro atoms. The summed E-state index contributed by atoms with van der Waals surface area (Å²) in [6.07, 6.45) is 1.88. The van der Waals surface area contributed by atoms with E-state index in [4.69, 9.17) is 9.47 Å². The van der Waals surface area contributed by atoms with Gasteiger partial charge in [0.05, 0.1) is 19.2 Å². The normalized spacial score (nSPS) is 15.7. The van der Waals surface area contributed by atoms with Crippen LogP contribution in [-0.2, 0) is 11.4 Å². The molecule has 1 fully saturated rings. The SMILES string of the molecule is COc1ccc(C)cc1N=C1NC(=O)/C(=C/c2cc(I)c(OCc3ccccc3)c(I)c2)S1. The molecule has 1 N–H and O–H groups in total. The van der Waals surface area contributed by atoms with Gasteiger partial charge in [-0.25, -0.2) is 4.99 Å². The number of carbonyl (C=O) groups is 1. The zero-order chi connectivity index (χ0) is 23.4. The monoisotopic (exact) mass is 682 g/mol. The molecule has 0 radical (unpaired) electrons. The van der Waals surface area contributed by atoms with E-state index < -0.39 is 0 Å². The second kappa shape index (κ2) is 10.9. The third kappa shape index (κ3) is 6.10. The van der Waals surface area contributed by atoms with Crippen LogP contribution in [0.15, 0.2) is 70.6 Å². The molecule has 168 valence electrons.